The molecule has 0 saturated heterocycles. The summed E-state index contributed by atoms with van der Waals surface area (Å²) in [6.45, 7) is 8.04. The fourth-order valence-electron chi connectivity index (χ4n) is 1.96. The van der Waals surface area contributed by atoms with E-state index < -0.39 is 0 Å². The van der Waals surface area contributed by atoms with Gasteiger partial charge in [-0.15, -0.1) is 0 Å². The monoisotopic (exact) mass is 249 g/mol. The lowest BCUT2D eigenvalue weighted by Crippen LogP contribution is -2.23. The number of benzene rings is 1. The molecule has 0 amide bonds. The Morgan fingerprint density at radius 1 is 1.18 bits per heavy atom. The summed E-state index contributed by atoms with van der Waals surface area (Å²) >= 11 is 6.00. The van der Waals surface area contributed by atoms with Gasteiger partial charge in [0.1, 0.15) is 11.6 Å². The minimum Gasteiger partial charge on any atom is -0.357 e. The van der Waals surface area contributed by atoms with E-state index in [-0.39, 0.29) is 0 Å². The van der Waals surface area contributed by atoms with E-state index >= 15 is 0 Å². The molecule has 0 aliphatic heterocycles. The van der Waals surface area contributed by atoms with Crippen molar-refractivity contribution in [1.82, 2.24) is 9.97 Å². The normalized spacial score (nSPS) is 10.8. The maximum atomic E-state index is 6.00. The first-order valence-electron chi connectivity index (χ1n) is 5.84. The fourth-order valence-corrected chi connectivity index (χ4v) is 2.13. The van der Waals surface area contributed by atoms with Gasteiger partial charge in [0.05, 0.1) is 5.52 Å². The van der Waals surface area contributed by atoms with E-state index in [1.165, 1.54) is 0 Å². The summed E-state index contributed by atoms with van der Waals surface area (Å²) in [7, 11) is 0. The Hall–Kier alpha value is -1.35. The maximum absolute atomic E-state index is 6.00. The lowest BCUT2D eigenvalue weighted by Gasteiger charge is -2.21. The SMILES string of the molecule is CCN(CC)c1nc(C)nc2cc(Cl)ccc12. The van der Waals surface area contributed by atoms with Gasteiger partial charge in [-0.05, 0) is 39.0 Å². The zero-order chi connectivity index (χ0) is 12.4. The van der Waals surface area contributed by atoms with Crippen molar-refractivity contribution in [2.75, 3.05) is 18.0 Å². The zero-order valence-corrected chi connectivity index (χ0v) is 11.1. The highest BCUT2D eigenvalue weighted by atomic mass is 35.5. The van der Waals surface area contributed by atoms with Crippen molar-refractivity contribution < 1.29 is 0 Å². The van der Waals surface area contributed by atoms with Crippen molar-refractivity contribution in [3.05, 3.63) is 29.0 Å². The average molecular weight is 250 g/mol. The van der Waals surface area contributed by atoms with Crippen molar-refractivity contribution in [2.45, 2.75) is 20.8 Å². The predicted octanol–water partition coefficient (Wildman–Crippen LogP) is 3.44. The molecule has 0 bridgehead atoms. The van der Waals surface area contributed by atoms with Gasteiger partial charge in [-0.1, -0.05) is 11.6 Å². The van der Waals surface area contributed by atoms with Crippen LogP contribution in [0.1, 0.15) is 19.7 Å². The number of hydrogen-bond donors (Lipinski definition) is 0. The van der Waals surface area contributed by atoms with E-state index in [0.29, 0.717) is 5.02 Å². The van der Waals surface area contributed by atoms with Gasteiger partial charge in [-0.2, -0.15) is 0 Å². The second-order valence-corrected chi connectivity index (χ2v) is 4.36. The van der Waals surface area contributed by atoms with Gasteiger partial charge < -0.3 is 4.90 Å². The molecule has 1 heterocycles. The fraction of sp³-hybridized carbons (Fsp3) is 0.385. The van der Waals surface area contributed by atoms with Crippen LogP contribution in [-0.4, -0.2) is 23.1 Å². The number of nitrogens with zero attached hydrogens (tertiary/aromatic N) is 3. The van der Waals surface area contributed by atoms with Gasteiger partial charge >= 0.3 is 0 Å². The molecule has 1 aromatic heterocycles. The van der Waals surface area contributed by atoms with Crippen LogP contribution < -0.4 is 4.90 Å². The average Bonchev–Trinajstić information content (AvgIpc) is 2.29. The Labute approximate surface area is 106 Å². The number of aryl methyl sites for hydroxylation is 1. The molecule has 0 fully saturated rings. The largest absolute Gasteiger partial charge is 0.357 e. The van der Waals surface area contributed by atoms with Crippen LogP contribution in [0.2, 0.25) is 5.02 Å². The third-order valence-electron chi connectivity index (χ3n) is 2.81. The third kappa shape index (κ3) is 2.34. The highest BCUT2D eigenvalue weighted by Crippen LogP contribution is 2.26. The summed E-state index contributed by atoms with van der Waals surface area (Å²) in [6, 6.07) is 5.76. The molecule has 0 aliphatic carbocycles. The van der Waals surface area contributed by atoms with E-state index in [1.807, 2.05) is 25.1 Å². The Morgan fingerprint density at radius 3 is 2.53 bits per heavy atom. The molecule has 0 aliphatic rings. The first-order chi connectivity index (χ1) is 8.15. The minimum atomic E-state index is 0.709. The molecule has 0 saturated carbocycles. The van der Waals surface area contributed by atoms with Crippen LogP contribution in [0, 0.1) is 6.92 Å². The van der Waals surface area contributed by atoms with Crippen molar-refractivity contribution in [2.24, 2.45) is 0 Å². The molecule has 2 aromatic rings. The highest BCUT2D eigenvalue weighted by Gasteiger charge is 2.10. The number of aromatic nitrogens is 2. The van der Waals surface area contributed by atoms with Crippen LogP contribution in [0.5, 0.6) is 0 Å². The number of halogens is 1. The quantitative estimate of drug-likeness (QED) is 0.835. The van der Waals surface area contributed by atoms with E-state index in [4.69, 9.17) is 11.6 Å². The van der Waals surface area contributed by atoms with Crippen LogP contribution in [0.4, 0.5) is 5.82 Å². The predicted molar refractivity (Wildman–Crippen MR) is 72.8 cm³/mol. The van der Waals surface area contributed by atoms with Crippen LogP contribution >= 0.6 is 11.6 Å². The number of fused-ring (bicyclic) bond motifs is 1. The van der Waals surface area contributed by atoms with Gasteiger partial charge in [0, 0.05) is 23.5 Å². The Balaban J connectivity index is 2.69. The molecule has 0 radical (unpaired) electrons. The van der Waals surface area contributed by atoms with Crippen LogP contribution in [0.25, 0.3) is 10.9 Å². The number of rotatable bonds is 3. The molecular formula is C13H16ClN3. The molecule has 0 N–H and O–H groups in total. The van der Waals surface area contributed by atoms with E-state index in [1.54, 1.807) is 0 Å². The molecule has 3 nitrogen and oxygen atoms in total. The summed E-state index contributed by atoms with van der Waals surface area (Å²) in [6.07, 6.45) is 0. The van der Waals surface area contributed by atoms with Crippen molar-refractivity contribution in [3.8, 4) is 0 Å². The molecule has 0 atom stereocenters. The number of anilines is 1. The van der Waals surface area contributed by atoms with Crippen LogP contribution in [0.15, 0.2) is 18.2 Å². The first-order valence-corrected chi connectivity index (χ1v) is 6.22. The van der Waals surface area contributed by atoms with E-state index in [9.17, 15) is 0 Å². The Kier molecular flexibility index (Phi) is 3.48. The Morgan fingerprint density at radius 2 is 1.88 bits per heavy atom. The van der Waals surface area contributed by atoms with Gasteiger partial charge in [0.15, 0.2) is 0 Å². The minimum absolute atomic E-state index is 0.709. The topological polar surface area (TPSA) is 29.0 Å². The summed E-state index contributed by atoms with van der Waals surface area (Å²) in [5, 5.41) is 1.77. The summed E-state index contributed by atoms with van der Waals surface area (Å²) < 4.78 is 0. The van der Waals surface area contributed by atoms with Crippen LogP contribution in [0.3, 0.4) is 0 Å². The zero-order valence-electron chi connectivity index (χ0n) is 10.4. The van der Waals surface area contributed by atoms with E-state index in [2.05, 4.69) is 28.7 Å². The molecule has 17 heavy (non-hydrogen) atoms. The molecule has 2 rings (SSSR count). The second kappa shape index (κ2) is 4.88. The Bertz CT molecular complexity index is 530. The molecule has 0 spiro atoms. The van der Waals surface area contributed by atoms with Gasteiger partial charge in [0.2, 0.25) is 0 Å². The standard InChI is InChI=1S/C13H16ClN3/c1-4-17(5-2)13-11-7-6-10(14)8-12(11)15-9(3)16-13/h6-8H,4-5H2,1-3H3. The molecular weight excluding hydrogens is 234 g/mol. The maximum Gasteiger partial charge on any atom is 0.140 e. The third-order valence-corrected chi connectivity index (χ3v) is 3.05. The first kappa shape index (κ1) is 12.1. The van der Waals surface area contributed by atoms with E-state index in [0.717, 1.165) is 35.6 Å². The molecule has 90 valence electrons. The second-order valence-electron chi connectivity index (χ2n) is 3.93. The van der Waals surface area contributed by atoms with Crippen molar-refractivity contribution in [1.29, 1.82) is 0 Å². The van der Waals surface area contributed by atoms with Gasteiger partial charge in [0.25, 0.3) is 0 Å². The smallest absolute Gasteiger partial charge is 0.140 e. The highest BCUT2D eigenvalue weighted by molar-refractivity contribution is 6.31. The lowest BCUT2D eigenvalue weighted by molar-refractivity contribution is 0.843. The summed E-state index contributed by atoms with van der Waals surface area (Å²) in [5.41, 5.74) is 0.909. The lowest BCUT2D eigenvalue weighted by atomic mass is 10.2. The molecule has 1 aromatic carbocycles. The summed E-state index contributed by atoms with van der Waals surface area (Å²) in [4.78, 5) is 11.2. The summed E-state index contributed by atoms with van der Waals surface area (Å²) in [5.74, 6) is 1.77. The van der Waals surface area contributed by atoms with Crippen molar-refractivity contribution >= 4 is 28.3 Å². The molecule has 4 heteroatoms. The van der Waals surface area contributed by atoms with Crippen LogP contribution in [-0.2, 0) is 0 Å². The van der Waals surface area contributed by atoms with Gasteiger partial charge in [-0.25, -0.2) is 9.97 Å². The van der Waals surface area contributed by atoms with Crippen molar-refractivity contribution in [3.63, 3.8) is 0 Å². The molecule has 0 unspecified atom stereocenters. The van der Waals surface area contributed by atoms with Gasteiger partial charge in [-0.3, -0.25) is 0 Å². The number of hydrogen-bond acceptors (Lipinski definition) is 3.